The molecule has 0 unspecified atom stereocenters. The summed E-state index contributed by atoms with van der Waals surface area (Å²) < 4.78 is 5.33. The summed E-state index contributed by atoms with van der Waals surface area (Å²) in [6.07, 6.45) is 0.910. The Balaban J connectivity index is 1.26. The minimum Gasteiger partial charge on any atom is -0.497 e. The molecule has 0 N–H and O–H groups in total. The zero-order valence-electron chi connectivity index (χ0n) is 18.3. The van der Waals surface area contributed by atoms with Crippen molar-refractivity contribution in [3.63, 3.8) is 0 Å². The predicted molar refractivity (Wildman–Crippen MR) is 133 cm³/mol. The van der Waals surface area contributed by atoms with Crippen LogP contribution in [0.25, 0.3) is 21.1 Å². The smallest absolute Gasteiger partial charge is 0.237 e. The van der Waals surface area contributed by atoms with E-state index in [1.54, 1.807) is 18.4 Å². The summed E-state index contributed by atoms with van der Waals surface area (Å²) in [5.74, 6) is 1.23. The number of ether oxygens (including phenoxy) is 1. The molecule has 1 aliphatic heterocycles. The van der Waals surface area contributed by atoms with Crippen LogP contribution in [0.4, 0.5) is 5.69 Å². The second kappa shape index (κ2) is 9.33. The second-order valence-corrected chi connectivity index (χ2v) is 9.63. The SMILES string of the molecule is COc1cccc(-c2nc(C)c(-c3ccc(SCC(=O)N4CCc5ccccc54)nn3)s2)c1. The van der Waals surface area contributed by atoms with Gasteiger partial charge in [0.1, 0.15) is 21.5 Å². The van der Waals surface area contributed by atoms with Crippen LogP contribution in [-0.2, 0) is 11.2 Å². The van der Waals surface area contributed by atoms with Crippen molar-refractivity contribution in [1.82, 2.24) is 15.2 Å². The van der Waals surface area contributed by atoms with E-state index in [0.29, 0.717) is 5.75 Å². The minimum atomic E-state index is 0.0945. The fourth-order valence-electron chi connectivity index (χ4n) is 3.84. The second-order valence-electron chi connectivity index (χ2n) is 7.64. The fourth-order valence-corrected chi connectivity index (χ4v) is 5.56. The van der Waals surface area contributed by atoms with E-state index in [0.717, 1.165) is 56.3 Å². The van der Waals surface area contributed by atoms with Crippen LogP contribution >= 0.6 is 23.1 Å². The van der Waals surface area contributed by atoms with Crippen molar-refractivity contribution in [2.45, 2.75) is 18.4 Å². The highest BCUT2D eigenvalue weighted by atomic mass is 32.2. The molecule has 0 bridgehead atoms. The highest BCUT2D eigenvalue weighted by molar-refractivity contribution is 7.99. The standard InChI is InChI=1S/C25H22N4O2S2/c1-16-24(33-25(26-16)18-7-5-8-19(14-18)31-2)20-10-11-22(28-27-20)32-15-23(30)29-13-12-17-6-3-4-9-21(17)29/h3-11,14H,12-13,15H2,1-2H3. The molecule has 0 spiro atoms. The van der Waals surface area contributed by atoms with Gasteiger partial charge >= 0.3 is 0 Å². The molecule has 8 heteroatoms. The molecule has 0 atom stereocenters. The summed E-state index contributed by atoms with van der Waals surface area (Å²) in [5.41, 5.74) is 4.96. The summed E-state index contributed by atoms with van der Waals surface area (Å²) in [4.78, 5) is 20.3. The zero-order valence-corrected chi connectivity index (χ0v) is 19.9. The van der Waals surface area contributed by atoms with E-state index >= 15 is 0 Å². The van der Waals surface area contributed by atoms with Gasteiger partial charge in [0.05, 0.1) is 23.4 Å². The number of rotatable bonds is 6. The van der Waals surface area contributed by atoms with Crippen LogP contribution in [0, 0.1) is 6.92 Å². The lowest BCUT2D eigenvalue weighted by Gasteiger charge is -2.16. The van der Waals surface area contributed by atoms with Gasteiger partial charge in [-0.3, -0.25) is 4.79 Å². The Bertz CT molecular complexity index is 1300. The molecule has 0 saturated heterocycles. The Morgan fingerprint density at radius 3 is 2.82 bits per heavy atom. The Morgan fingerprint density at radius 1 is 1.12 bits per heavy atom. The highest BCUT2D eigenvalue weighted by Gasteiger charge is 2.24. The first kappa shape index (κ1) is 21.6. The number of hydrogen-bond donors (Lipinski definition) is 0. The van der Waals surface area contributed by atoms with E-state index in [-0.39, 0.29) is 5.91 Å². The van der Waals surface area contributed by atoms with Crippen LogP contribution in [0.1, 0.15) is 11.3 Å². The normalized spacial score (nSPS) is 12.6. The number of hydrogen-bond acceptors (Lipinski definition) is 7. The summed E-state index contributed by atoms with van der Waals surface area (Å²) in [6, 6.07) is 19.8. The molecule has 1 aliphatic rings. The first-order chi connectivity index (χ1) is 16.1. The number of carbonyl (C=O) groups excluding carboxylic acids is 1. The van der Waals surface area contributed by atoms with Gasteiger partial charge in [-0.25, -0.2) is 4.98 Å². The Labute approximate surface area is 200 Å². The van der Waals surface area contributed by atoms with Gasteiger partial charge in [-0.05, 0) is 49.2 Å². The van der Waals surface area contributed by atoms with E-state index in [9.17, 15) is 4.79 Å². The van der Waals surface area contributed by atoms with Crippen molar-refractivity contribution >= 4 is 34.7 Å². The van der Waals surface area contributed by atoms with Gasteiger partial charge in [-0.2, -0.15) is 0 Å². The van der Waals surface area contributed by atoms with Crippen LogP contribution in [0.5, 0.6) is 5.75 Å². The van der Waals surface area contributed by atoms with Gasteiger partial charge in [0.25, 0.3) is 0 Å². The molecule has 0 radical (unpaired) electrons. The number of carbonyl (C=O) groups is 1. The van der Waals surface area contributed by atoms with Crippen molar-refractivity contribution in [3.05, 3.63) is 71.9 Å². The maximum Gasteiger partial charge on any atom is 0.237 e. The van der Waals surface area contributed by atoms with Crippen molar-refractivity contribution in [1.29, 1.82) is 0 Å². The van der Waals surface area contributed by atoms with Gasteiger partial charge in [0, 0.05) is 17.8 Å². The monoisotopic (exact) mass is 474 g/mol. The maximum absolute atomic E-state index is 12.7. The Hall–Kier alpha value is -3.23. The molecule has 1 amide bonds. The number of nitrogens with zero attached hydrogens (tertiary/aromatic N) is 4. The molecule has 33 heavy (non-hydrogen) atoms. The third kappa shape index (κ3) is 4.49. The molecule has 166 valence electrons. The molecule has 0 saturated carbocycles. The molecule has 4 aromatic rings. The number of amides is 1. The lowest BCUT2D eigenvalue weighted by Crippen LogP contribution is -2.30. The van der Waals surface area contributed by atoms with Crippen molar-refractivity contribution in [2.75, 3.05) is 24.3 Å². The molecular weight excluding hydrogens is 452 g/mol. The molecule has 0 fully saturated rings. The number of anilines is 1. The van der Waals surface area contributed by atoms with Crippen LogP contribution in [-0.4, -0.2) is 40.5 Å². The lowest BCUT2D eigenvalue weighted by molar-refractivity contribution is -0.116. The first-order valence-electron chi connectivity index (χ1n) is 10.6. The van der Waals surface area contributed by atoms with Gasteiger partial charge in [-0.15, -0.1) is 21.5 Å². The van der Waals surface area contributed by atoms with Crippen molar-refractivity contribution in [2.24, 2.45) is 0 Å². The average molecular weight is 475 g/mol. The third-order valence-corrected chi connectivity index (χ3v) is 7.65. The van der Waals surface area contributed by atoms with Gasteiger partial charge in [0.15, 0.2) is 0 Å². The Kier molecular flexibility index (Phi) is 6.11. The number of aryl methyl sites for hydroxylation is 1. The van der Waals surface area contributed by atoms with Gasteiger partial charge < -0.3 is 9.64 Å². The van der Waals surface area contributed by atoms with Crippen LogP contribution in [0.2, 0.25) is 0 Å². The molecule has 6 nitrogen and oxygen atoms in total. The minimum absolute atomic E-state index is 0.0945. The van der Waals surface area contributed by atoms with Crippen LogP contribution in [0.3, 0.4) is 0 Å². The number of para-hydroxylation sites is 1. The average Bonchev–Trinajstić information content (AvgIpc) is 3.47. The number of thioether (sulfide) groups is 1. The molecule has 3 heterocycles. The maximum atomic E-state index is 12.7. The lowest BCUT2D eigenvalue weighted by atomic mass is 10.2. The summed E-state index contributed by atoms with van der Waals surface area (Å²) in [5, 5.41) is 10.4. The van der Waals surface area contributed by atoms with E-state index in [1.807, 2.05) is 66.4 Å². The summed E-state index contributed by atoms with van der Waals surface area (Å²) in [6.45, 7) is 2.72. The predicted octanol–water partition coefficient (Wildman–Crippen LogP) is 5.27. The number of fused-ring (bicyclic) bond motifs is 1. The fraction of sp³-hybridized carbons (Fsp3) is 0.200. The quantitative estimate of drug-likeness (QED) is 0.355. The molecule has 5 rings (SSSR count). The van der Waals surface area contributed by atoms with Crippen LogP contribution in [0.15, 0.2) is 65.7 Å². The number of thiazole rings is 1. The first-order valence-corrected chi connectivity index (χ1v) is 12.4. The van der Waals surface area contributed by atoms with E-state index in [4.69, 9.17) is 9.72 Å². The highest BCUT2D eigenvalue weighted by Crippen LogP contribution is 2.35. The molecular formula is C25H22N4O2S2. The van der Waals surface area contributed by atoms with E-state index in [2.05, 4.69) is 16.3 Å². The largest absolute Gasteiger partial charge is 0.497 e. The van der Waals surface area contributed by atoms with Crippen molar-refractivity contribution < 1.29 is 9.53 Å². The van der Waals surface area contributed by atoms with Crippen LogP contribution < -0.4 is 9.64 Å². The van der Waals surface area contributed by atoms with Crippen molar-refractivity contribution in [3.8, 4) is 26.9 Å². The number of aromatic nitrogens is 3. The molecule has 0 aliphatic carbocycles. The number of methoxy groups -OCH3 is 1. The topological polar surface area (TPSA) is 68.2 Å². The zero-order chi connectivity index (χ0) is 22.8. The van der Waals surface area contributed by atoms with Gasteiger partial charge in [0.2, 0.25) is 5.91 Å². The number of benzene rings is 2. The Morgan fingerprint density at radius 2 is 2.00 bits per heavy atom. The van der Waals surface area contributed by atoms with Gasteiger partial charge in [-0.1, -0.05) is 42.1 Å². The molecule has 2 aromatic carbocycles. The molecule has 2 aromatic heterocycles. The summed E-state index contributed by atoms with van der Waals surface area (Å²) >= 11 is 3.00. The third-order valence-electron chi connectivity index (χ3n) is 5.52. The van der Waals surface area contributed by atoms with E-state index < -0.39 is 0 Å². The van der Waals surface area contributed by atoms with E-state index in [1.165, 1.54) is 17.3 Å². The summed E-state index contributed by atoms with van der Waals surface area (Å²) in [7, 11) is 1.66.